The lowest BCUT2D eigenvalue weighted by Gasteiger charge is -2.56. The third-order valence-corrected chi connectivity index (χ3v) is 8.48. The van der Waals surface area contributed by atoms with E-state index >= 15 is 0 Å². The lowest BCUT2D eigenvalue weighted by molar-refractivity contribution is -0.122. The standard InChI is InChI=1S/C24H28N2O4S/c27-23(26-24-13-18-10-19(14-24)12-20(11-18)15-24)8-5-17-3-6-22(7-4-17)31(28,29)25-16-21-2-1-9-30-21/h1-9,18-20,25H,10-16H2,(H,26,27). The van der Waals surface area contributed by atoms with Gasteiger partial charge in [-0.25, -0.2) is 13.1 Å². The third kappa shape index (κ3) is 4.48. The van der Waals surface area contributed by atoms with E-state index < -0.39 is 10.0 Å². The number of carbonyl (C=O) groups excluding carboxylic acids is 1. The Morgan fingerprint density at radius 2 is 1.68 bits per heavy atom. The Balaban J connectivity index is 1.19. The first-order valence-corrected chi connectivity index (χ1v) is 12.5. The monoisotopic (exact) mass is 440 g/mol. The van der Waals surface area contributed by atoms with E-state index in [4.69, 9.17) is 4.42 Å². The molecule has 4 aliphatic rings. The van der Waals surface area contributed by atoms with E-state index in [0.29, 0.717) is 5.76 Å². The van der Waals surface area contributed by atoms with Crippen molar-refractivity contribution in [2.75, 3.05) is 0 Å². The zero-order valence-corrected chi connectivity index (χ0v) is 18.2. The van der Waals surface area contributed by atoms with Crippen LogP contribution < -0.4 is 10.0 Å². The van der Waals surface area contributed by atoms with Crippen LogP contribution in [0.15, 0.2) is 58.1 Å². The Labute approximate surface area is 183 Å². The Morgan fingerprint density at radius 1 is 1.03 bits per heavy atom. The average Bonchev–Trinajstić information content (AvgIpc) is 3.24. The van der Waals surface area contributed by atoms with E-state index in [-0.39, 0.29) is 22.9 Å². The topological polar surface area (TPSA) is 88.4 Å². The van der Waals surface area contributed by atoms with Crippen LogP contribution >= 0.6 is 0 Å². The van der Waals surface area contributed by atoms with E-state index in [0.717, 1.165) is 42.6 Å². The highest BCUT2D eigenvalue weighted by Gasteiger charge is 2.51. The van der Waals surface area contributed by atoms with Gasteiger partial charge < -0.3 is 9.73 Å². The van der Waals surface area contributed by atoms with Gasteiger partial charge in [-0.15, -0.1) is 0 Å². The van der Waals surface area contributed by atoms with Crippen molar-refractivity contribution in [1.29, 1.82) is 0 Å². The fourth-order valence-corrected chi connectivity index (χ4v) is 7.15. The number of furan rings is 1. The molecule has 0 unspecified atom stereocenters. The molecular weight excluding hydrogens is 412 g/mol. The molecule has 4 aliphatic carbocycles. The number of benzene rings is 1. The minimum absolute atomic E-state index is 0.00618. The summed E-state index contributed by atoms with van der Waals surface area (Å²) in [6.07, 6.45) is 12.2. The minimum Gasteiger partial charge on any atom is -0.468 e. The summed E-state index contributed by atoms with van der Waals surface area (Å²) in [5, 5.41) is 3.32. The van der Waals surface area contributed by atoms with E-state index in [2.05, 4.69) is 10.0 Å². The van der Waals surface area contributed by atoms with Crippen molar-refractivity contribution in [2.45, 2.75) is 55.5 Å². The van der Waals surface area contributed by atoms with Crippen LogP contribution in [0.1, 0.15) is 49.8 Å². The van der Waals surface area contributed by atoms with Crippen molar-refractivity contribution < 1.29 is 17.6 Å². The highest BCUT2D eigenvalue weighted by Crippen LogP contribution is 2.55. The third-order valence-electron chi connectivity index (χ3n) is 7.06. The molecule has 4 bridgehead atoms. The Bertz CT molecular complexity index is 1040. The Hall–Kier alpha value is -2.38. The predicted octanol–water partition coefficient (Wildman–Crippen LogP) is 3.86. The van der Waals surface area contributed by atoms with Gasteiger partial charge in [0.05, 0.1) is 17.7 Å². The molecule has 4 fully saturated rings. The maximum absolute atomic E-state index is 12.6. The molecule has 6 rings (SSSR count). The number of hydrogen-bond acceptors (Lipinski definition) is 4. The molecule has 6 nitrogen and oxygen atoms in total. The summed E-state index contributed by atoms with van der Waals surface area (Å²) >= 11 is 0. The molecule has 2 N–H and O–H groups in total. The molecule has 0 aliphatic heterocycles. The van der Waals surface area contributed by atoms with E-state index in [9.17, 15) is 13.2 Å². The number of carbonyl (C=O) groups is 1. The van der Waals surface area contributed by atoms with Gasteiger partial charge in [0.2, 0.25) is 15.9 Å². The van der Waals surface area contributed by atoms with Crippen LogP contribution in [-0.4, -0.2) is 19.9 Å². The number of nitrogens with one attached hydrogen (secondary N) is 2. The fraction of sp³-hybridized carbons (Fsp3) is 0.458. The number of sulfonamides is 1. The predicted molar refractivity (Wildman–Crippen MR) is 117 cm³/mol. The molecule has 0 spiro atoms. The Morgan fingerprint density at radius 3 is 2.26 bits per heavy atom. The van der Waals surface area contributed by atoms with Gasteiger partial charge in [0.25, 0.3) is 0 Å². The Kier molecular flexibility index (Phi) is 5.26. The minimum atomic E-state index is -3.63. The van der Waals surface area contributed by atoms with Crippen molar-refractivity contribution in [3.8, 4) is 0 Å². The maximum atomic E-state index is 12.6. The largest absolute Gasteiger partial charge is 0.468 e. The molecule has 0 atom stereocenters. The molecule has 4 saturated carbocycles. The van der Waals surface area contributed by atoms with Crippen LogP contribution in [0.4, 0.5) is 0 Å². The van der Waals surface area contributed by atoms with Gasteiger partial charge in [0, 0.05) is 11.6 Å². The number of amides is 1. The van der Waals surface area contributed by atoms with Crippen LogP contribution in [0.25, 0.3) is 6.08 Å². The molecule has 0 saturated heterocycles. The summed E-state index contributed by atoms with van der Waals surface area (Å²) in [7, 11) is -3.63. The lowest BCUT2D eigenvalue weighted by Crippen LogP contribution is -2.59. The first-order chi connectivity index (χ1) is 14.9. The van der Waals surface area contributed by atoms with E-state index in [1.54, 1.807) is 48.6 Å². The van der Waals surface area contributed by atoms with Crippen LogP contribution in [0.5, 0.6) is 0 Å². The molecule has 1 amide bonds. The van der Waals surface area contributed by atoms with Crippen molar-refractivity contribution in [3.63, 3.8) is 0 Å². The molecule has 1 aromatic carbocycles. The summed E-state index contributed by atoms with van der Waals surface area (Å²) in [6.45, 7) is 0.0987. The maximum Gasteiger partial charge on any atom is 0.244 e. The lowest BCUT2D eigenvalue weighted by atomic mass is 9.53. The molecule has 0 radical (unpaired) electrons. The van der Waals surface area contributed by atoms with Gasteiger partial charge in [0.15, 0.2) is 0 Å². The summed E-state index contributed by atoms with van der Waals surface area (Å²) in [6, 6.07) is 9.92. The average molecular weight is 441 g/mol. The zero-order valence-electron chi connectivity index (χ0n) is 17.4. The summed E-state index contributed by atoms with van der Waals surface area (Å²) in [5.74, 6) is 2.84. The normalized spacial score (nSPS) is 29.5. The summed E-state index contributed by atoms with van der Waals surface area (Å²) < 4.78 is 32.5. The molecule has 2 aromatic rings. The number of rotatable bonds is 7. The molecule has 1 aromatic heterocycles. The highest BCUT2D eigenvalue weighted by molar-refractivity contribution is 7.89. The second kappa shape index (κ2) is 7.95. The summed E-state index contributed by atoms with van der Waals surface area (Å²) in [4.78, 5) is 12.8. The van der Waals surface area contributed by atoms with E-state index in [1.807, 2.05) is 0 Å². The molecule has 164 valence electrons. The van der Waals surface area contributed by atoms with Crippen molar-refractivity contribution in [2.24, 2.45) is 17.8 Å². The second-order valence-electron chi connectivity index (χ2n) is 9.49. The first kappa shape index (κ1) is 20.5. The first-order valence-electron chi connectivity index (χ1n) is 11.0. The molecule has 31 heavy (non-hydrogen) atoms. The zero-order chi connectivity index (χ0) is 21.5. The highest BCUT2D eigenvalue weighted by atomic mass is 32.2. The van der Waals surface area contributed by atoms with Crippen molar-refractivity contribution >= 4 is 22.0 Å². The quantitative estimate of drug-likeness (QED) is 0.640. The smallest absolute Gasteiger partial charge is 0.244 e. The van der Waals surface area contributed by atoms with E-state index in [1.165, 1.54) is 25.5 Å². The second-order valence-corrected chi connectivity index (χ2v) is 11.3. The van der Waals surface area contributed by atoms with Gasteiger partial charge in [-0.05, 0) is 92.2 Å². The molecule has 7 heteroatoms. The SMILES string of the molecule is O=C(C=Cc1ccc(S(=O)(=O)NCc2ccco2)cc1)NC12CC3CC(CC(C3)C1)C2. The van der Waals surface area contributed by atoms with Gasteiger partial charge in [-0.3, -0.25) is 4.79 Å². The van der Waals surface area contributed by atoms with Crippen LogP contribution in [0.3, 0.4) is 0 Å². The van der Waals surface area contributed by atoms with Gasteiger partial charge in [0.1, 0.15) is 5.76 Å². The molecular formula is C24H28N2O4S. The van der Waals surface area contributed by atoms with Crippen LogP contribution in [0, 0.1) is 17.8 Å². The fourth-order valence-electron chi connectivity index (χ4n) is 6.16. The van der Waals surface area contributed by atoms with Crippen LogP contribution in [-0.2, 0) is 21.4 Å². The van der Waals surface area contributed by atoms with Gasteiger partial charge in [-0.2, -0.15) is 0 Å². The number of hydrogen-bond donors (Lipinski definition) is 2. The summed E-state index contributed by atoms with van der Waals surface area (Å²) in [5.41, 5.74) is 0.777. The van der Waals surface area contributed by atoms with Crippen molar-refractivity contribution in [3.05, 3.63) is 60.1 Å². The van der Waals surface area contributed by atoms with Crippen molar-refractivity contribution in [1.82, 2.24) is 10.0 Å². The van der Waals surface area contributed by atoms with Gasteiger partial charge in [-0.1, -0.05) is 12.1 Å². The van der Waals surface area contributed by atoms with Gasteiger partial charge >= 0.3 is 0 Å². The van der Waals surface area contributed by atoms with Crippen LogP contribution in [0.2, 0.25) is 0 Å². The molecule has 1 heterocycles.